The Kier molecular flexibility index (Phi) is 5.33. The molecule has 0 aromatic heterocycles. The smallest absolute Gasteiger partial charge is 0.262 e. The fourth-order valence-electron chi connectivity index (χ4n) is 2.35. The Morgan fingerprint density at radius 1 is 1.25 bits per heavy atom. The number of nitrogens with one attached hydrogen (secondary N) is 2. The summed E-state index contributed by atoms with van der Waals surface area (Å²) >= 11 is 5.81. The van der Waals surface area contributed by atoms with Crippen molar-refractivity contribution in [3.8, 4) is 5.75 Å². The van der Waals surface area contributed by atoms with E-state index in [0.717, 1.165) is 30.9 Å². The highest BCUT2D eigenvalue weighted by Crippen LogP contribution is 2.16. The van der Waals surface area contributed by atoms with Gasteiger partial charge >= 0.3 is 0 Å². The maximum absolute atomic E-state index is 12.0. The van der Waals surface area contributed by atoms with Gasteiger partial charge < -0.3 is 15.4 Å². The fourth-order valence-corrected chi connectivity index (χ4v) is 2.47. The number of benzene rings is 2. The number of halogens is 1. The van der Waals surface area contributed by atoms with Crippen molar-refractivity contribution in [2.75, 3.05) is 25.0 Å². The number of rotatable bonds is 5. The average molecular weight is 344 g/mol. The maximum atomic E-state index is 12.0. The van der Waals surface area contributed by atoms with Crippen LogP contribution in [0.15, 0.2) is 53.5 Å². The number of anilines is 1. The molecular weight excluding hydrogens is 326 g/mol. The second kappa shape index (κ2) is 7.84. The van der Waals surface area contributed by atoms with Crippen molar-refractivity contribution in [2.24, 2.45) is 4.99 Å². The van der Waals surface area contributed by atoms with E-state index in [1.807, 2.05) is 24.3 Å². The molecule has 0 radical (unpaired) electrons. The lowest BCUT2D eigenvalue weighted by atomic mass is 10.1. The fraction of sp³-hybridized carbons (Fsp3) is 0.222. The highest BCUT2D eigenvalue weighted by Gasteiger charge is 2.09. The summed E-state index contributed by atoms with van der Waals surface area (Å²) in [5.74, 6) is 1.25. The zero-order valence-electron chi connectivity index (χ0n) is 13.1. The molecule has 2 aromatic rings. The van der Waals surface area contributed by atoms with Crippen molar-refractivity contribution < 1.29 is 9.53 Å². The number of hydrogen-bond acceptors (Lipinski definition) is 4. The van der Waals surface area contributed by atoms with Crippen molar-refractivity contribution in [3.05, 3.63) is 59.1 Å². The van der Waals surface area contributed by atoms with Gasteiger partial charge in [-0.15, -0.1) is 0 Å². The van der Waals surface area contributed by atoms with Gasteiger partial charge in [0.2, 0.25) is 0 Å². The number of hydrogen-bond donors (Lipinski definition) is 2. The third-order valence-corrected chi connectivity index (χ3v) is 3.75. The molecule has 0 saturated heterocycles. The van der Waals surface area contributed by atoms with E-state index in [1.165, 1.54) is 0 Å². The number of amidine groups is 1. The molecule has 124 valence electrons. The van der Waals surface area contributed by atoms with Gasteiger partial charge in [-0.2, -0.15) is 0 Å². The Balaban J connectivity index is 1.58. The molecule has 24 heavy (non-hydrogen) atoms. The van der Waals surface area contributed by atoms with Gasteiger partial charge in [0.25, 0.3) is 5.91 Å². The van der Waals surface area contributed by atoms with Crippen molar-refractivity contribution in [1.29, 1.82) is 0 Å². The molecule has 6 heteroatoms. The van der Waals surface area contributed by atoms with Gasteiger partial charge in [-0.1, -0.05) is 23.7 Å². The van der Waals surface area contributed by atoms with Gasteiger partial charge in [-0.3, -0.25) is 9.79 Å². The normalized spacial score (nSPS) is 13.6. The molecule has 0 saturated carbocycles. The number of ether oxygens (including phenoxy) is 1. The molecular formula is C18H18ClN3O2. The quantitative estimate of drug-likeness (QED) is 0.877. The standard InChI is InChI=1S/C18H18ClN3O2/c19-14-5-7-16(8-6-14)24-12-17(23)22-15-4-1-3-13(11-15)18-20-9-2-10-21-18/h1,3-8,11H,2,9-10,12H2,(H,20,21)(H,22,23). The first-order valence-electron chi connectivity index (χ1n) is 7.78. The van der Waals surface area contributed by atoms with Crippen molar-refractivity contribution in [3.63, 3.8) is 0 Å². The van der Waals surface area contributed by atoms with E-state index >= 15 is 0 Å². The molecule has 0 aliphatic carbocycles. The Hall–Kier alpha value is -2.53. The van der Waals surface area contributed by atoms with Gasteiger partial charge in [-0.25, -0.2) is 0 Å². The summed E-state index contributed by atoms with van der Waals surface area (Å²) in [6.07, 6.45) is 1.04. The summed E-state index contributed by atoms with van der Waals surface area (Å²) in [6.45, 7) is 1.68. The van der Waals surface area contributed by atoms with Crippen LogP contribution in [0.4, 0.5) is 5.69 Å². The van der Waals surface area contributed by atoms with Crippen LogP contribution in [0.25, 0.3) is 0 Å². The average Bonchev–Trinajstić information content (AvgIpc) is 2.62. The van der Waals surface area contributed by atoms with E-state index in [0.29, 0.717) is 16.5 Å². The van der Waals surface area contributed by atoms with E-state index < -0.39 is 0 Å². The Morgan fingerprint density at radius 2 is 2.08 bits per heavy atom. The number of nitrogens with zero attached hydrogens (tertiary/aromatic N) is 1. The minimum absolute atomic E-state index is 0.0644. The molecule has 1 aliphatic rings. The van der Waals surface area contributed by atoms with Gasteiger partial charge in [0.05, 0.1) is 0 Å². The van der Waals surface area contributed by atoms with Gasteiger partial charge in [0.1, 0.15) is 11.6 Å². The molecule has 0 bridgehead atoms. The minimum atomic E-state index is -0.222. The molecule has 0 spiro atoms. The van der Waals surface area contributed by atoms with Crippen LogP contribution in [0.2, 0.25) is 5.02 Å². The zero-order valence-corrected chi connectivity index (χ0v) is 13.8. The number of carbonyl (C=O) groups is 1. The molecule has 2 aromatic carbocycles. The van der Waals surface area contributed by atoms with Crippen LogP contribution in [-0.2, 0) is 4.79 Å². The van der Waals surface area contributed by atoms with Crippen molar-refractivity contribution >= 4 is 29.0 Å². The first kappa shape index (κ1) is 16.3. The van der Waals surface area contributed by atoms with E-state index in [1.54, 1.807) is 24.3 Å². The second-order valence-electron chi connectivity index (χ2n) is 5.38. The molecule has 0 unspecified atom stereocenters. The van der Waals surface area contributed by atoms with E-state index in [9.17, 15) is 4.79 Å². The summed E-state index contributed by atoms with van der Waals surface area (Å²) in [6, 6.07) is 14.5. The van der Waals surface area contributed by atoms with Crippen LogP contribution in [0, 0.1) is 0 Å². The van der Waals surface area contributed by atoms with Crippen molar-refractivity contribution in [1.82, 2.24) is 5.32 Å². The molecule has 5 nitrogen and oxygen atoms in total. The van der Waals surface area contributed by atoms with Crippen LogP contribution in [0.1, 0.15) is 12.0 Å². The summed E-state index contributed by atoms with van der Waals surface area (Å²) in [5, 5.41) is 6.73. The summed E-state index contributed by atoms with van der Waals surface area (Å²) in [7, 11) is 0. The van der Waals surface area contributed by atoms with Gasteiger partial charge in [-0.05, 0) is 42.8 Å². The molecule has 1 heterocycles. The monoisotopic (exact) mass is 343 g/mol. The lowest BCUT2D eigenvalue weighted by Gasteiger charge is -2.15. The summed E-state index contributed by atoms with van der Waals surface area (Å²) in [5.41, 5.74) is 1.68. The predicted molar refractivity (Wildman–Crippen MR) is 96.0 cm³/mol. The zero-order chi connectivity index (χ0) is 16.8. The number of carbonyl (C=O) groups excluding carboxylic acids is 1. The van der Waals surface area contributed by atoms with Crippen LogP contribution in [0.5, 0.6) is 5.75 Å². The molecule has 1 amide bonds. The summed E-state index contributed by atoms with van der Waals surface area (Å²) in [4.78, 5) is 16.5. The Morgan fingerprint density at radius 3 is 2.83 bits per heavy atom. The summed E-state index contributed by atoms with van der Waals surface area (Å²) < 4.78 is 5.43. The number of amides is 1. The second-order valence-corrected chi connectivity index (χ2v) is 5.82. The molecule has 0 fully saturated rings. The molecule has 0 atom stereocenters. The Labute approximate surface area is 145 Å². The van der Waals surface area contributed by atoms with Gasteiger partial charge in [0, 0.05) is 29.4 Å². The first-order chi connectivity index (χ1) is 11.7. The molecule has 1 aliphatic heterocycles. The highest BCUT2D eigenvalue weighted by molar-refractivity contribution is 6.30. The topological polar surface area (TPSA) is 62.7 Å². The number of aliphatic imine (C=N–C) groups is 1. The van der Waals surface area contributed by atoms with E-state index in [4.69, 9.17) is 16.3 Å². The van der Waals surface area contributed by atoms with Crippen LogP contribution >= 0.6 is 11.6 Å². The van der Waals surface area contributed by atoms with E-state index in [2.05, 4.69) is 15.6 Å². The van der Waals surface area contributed by atoms with Crippen LogP contribution in [0.3, 0.4) is 0 Å². The lowest BCUT2D eigenvalue weighted by molar-refractivity contribution is -0.118. The van der Waals surface area contributed by atoms with Gasteiger partial charge in [0.15, 0.2) is 6.61 Å². The lowest BCUT2D eigenvalue weighted by Crippen LogP contribution is -2.30. The third-order valence-electron chi connectivity index (χ3n) is 3.50. The largest absolute Gasteiger partial charge is 0.484 e. The van der Waals surface area contributed by atoms with E-state index in [-0.39, 0.29) is 12.5 Å². The highest BCUT2D eigenvalue weighted by atomic mass is 35.5. The maximum Gasteiger partial charge on any atom is 0.262 e. The van der Waals surface area contributed by atoms with Crippen molar-refractivity contribution in [2.45, 2.75) is 6.42 Å². The Bertz CT molecular complexity index is 744. The predicted octanol–water partition coefficient (Wildman–Crippen LogP) is 3.10. The first-order valence-corrected chi connectivity index (χ1v) is 8.15. The van der Waals surface area contributed by atoms with Crippen LogP contribution in [-0.4, -0.2) is 31.4 Å². The molecule has 3 rings (SSSR count). The molecule has 2 N–H and O–H groups in total. The third kappa shape index (κ3) is 4.49. The van der Waals surface area contributed by atoms with Crippen LogP contribution < -0.4 is 15.4 Å². The SMILES string of the molecule is O=C(COc1ccc(Cl)cc1)Nc1cccc(C2=NCCCN2)c1. The minimum Gasteiger partial charge on any atom is -0.484 e.